The summed E-state index contributed by atoms with van der Waals surface area (Å²) in [5.41, 5.74) is 8.48. The van der Waals surface area contributed by atoms with Crippen molar-refractivity contribution in [1.29, 1.82) is 5.26 Å². The van der Waals surface area contributed by atoms with Gasteiger partial charge in [-0.15, -0.1) is 0 Å². The number of nitrogens with two attached hydrogens (primary N) is 1. The van der Waals surface area contributed by atoms with Crippen LogP contribution in [0.4, 0.5) is 11.4 Å². The second-order valence-electron chi connectivity index (χ2n) is 5.04. The summed E-state index contributed by atoms with van der Waals surface area (Å²) in [6.07, 6.45) is 3.06. The topological polar surface area (TPSA) is 65.1 Å². The molecule has 1 saturated carbocycles. The van der Waals surface area contributed by atoms with E-state index in [2.05, 4.69) is 23.2 Å². The second kappa shape index (κ2) is 6.44. The Kier molecular flexibility index (Phi) is 4.64. The van der Waals surface area contributed by atoms with Crippen LogP contribution in [0.25, 0.3) is 0 Å². The lowest BCUT2D eigenvalue weighted by atomic mass is 10.1. The summed E-state index contributed by atoms with van der Waals surface area (Å²) in [5.74, 6) is 0. The lowest BCUT2D eigenvalue weighted by Gasteiger charge is -2.20. The highest BCUT2D eigenvalue weighted by atomic mass is 15.2. The fourth-order valence-electron chi connectivity index (χ4n) is 2.34. The molecule has 0 unspecified atom stereocenters. The molecule has 0 radical (unpaired) electrons. The average molecular weight is 258 g/mol. The van der Waals surface area contributed by atoms with Crippen LogP contribution in [-0.4, -0.2) is 30.6 Å². The predicted octanol–water partition coefficient (Wildman–Crippen LogP) is 2.23. The summed E-state index contributed by atoms with van der Waals surface area (Å²) in [6.45, 7) is 5.33. The van der Waals surface area contributed by atoms with Crippen molar-refractivity contribution < 1.29 is 0 Å². The van der Waals surface area contributed by atoms with Crippen LogP contribution in [0, 0.1) is 11.3 Å². The van der Waals surface area contributed by atoms with Gasteiger partial charge in [0, 0.05) is 30.5 Å². The van der Waals surface area contributed by atoms with Crippen molar-refractivity contribution in [3.8, 4) is 6.07 Å². The molecule has 0 aliphatic heterocycles. The molecule has 0 heterocycles. The zero-order valence-electron chi connectivity index (χ0n) is 11.5. The Morgan fingerprint density at radius 1 is 1.47 bits per heavy atom. The number of benzene rings is 1. The Labute approximate surface area is 115 Å². The van der Waals surface area contributed by atoms with E-state index in [0.717, 1.165) is 36.9 Å². The number of hydrogen-bond acceptors (Lipinski definition) is 4. The van der Waals surface area contributed by atoms with Gasteiger partial charge in [-0.3, -0.25) is 4.90 Å². The maximum Gasteiger partial charge on any atom is 0.0670 e. The van der Waals surface area contributed by atoms with Crippen LogP contribution in [0.2, 0.25) is 0 Å². The third kappa shape index (κ3) is 3.87. The summed E-state index contributed by atoms with van der Waals surface area (Å²) in [7, 11) is 0. The molecule has 19 heavy (non-hydrogen) atoms. The minimum atomic E-state index is 0.366. The molecule has 0 bridgehead atoms. The van der Waals surface area contributed by atoms with Crippen LogP contribution in [0.5, 0.6) is 0 Å². The first-order chi connectivity index (χ1) is 9.24. The molecule has 0 saturated heterocycles. The quantitative estimate of drug-likeness (QED) is 0.736. The van der Waals surface area contributed by atoms with Gasteiger partial charge in [0.05, 0.1) is 12.5 Å². The van der Waals surface area contributed by atoms with E-state index in [4.69, 9.17) is 11.0 Å². The maximum atomic E-state index is 8.75. The average Bonchev–Trinajstić information content (AvgIpc) is 3.23. The zero-order valence-corrected chi connectivity index (χ0v) is 11.5. The van der Waals surface area contributed by atoms with Crippen LogP contribution < -0.4 is 11.1 Å². The summed E-state index contributed by atoms with van der Waals surface area (Å²) < 4.78 is 0. The third-order valence-corrected chi connectivity index (χ3v) is 3.61. The molecule has 0 spiro atoms. The molecule has 1 aliphatic rings. The molecule has 102 valence electrons. The van der Waals surface area contributed by atoms with Crippen LogP contribution in [0.15, 0.2) is 18.2 Å². The van der Waals surface area contributed by atoms with Crippen LogP contribution in [0.1, 0.15) is 25.3 Å². The third-order valence-electron chi connectivity index (χ3n) is 3.61. The first-order valence-corrected chi connectivity index (χ1v) is 6.98. The van der Waals surface area contributed by atoms with E-state index in [-0.39, 0.29) is 0 Å². The molecule has 3 N–H and O–H groups in total. The van der Waals surface area contributed by atoms with E-state index < -0.39 is 0 Å². The number of likely N-dealkylation sites (N-methyl/N-ethyl adjacent to an activating group) is 1. The van der Waals surface area contributed by atoms with Gasteiger partial charge in [-0.05, 0) is 43.1 Å². The first-order valence-electron chi connectivity index (χ1n) is 6.98. The highest BCUT2D eigenvalue weighted by molar-refractivity contribution is 5.58. The normalized spacial score (nSPS) is 14.4. The summed E-state index contributed by atoms with van der Waals surface area (Å²) in [4.78, 5) is 2.51. The van der Waals surface area contributed by atoms with Crippen molar-refractivity contribution in [2.75, 3.05) is 30.7 Å². The zero-order chi connectivity index (χ0) is 13.7. The molecule has 4 nitrogen and oxygen atoms in total. The standard InChI is InChI=1S/C15H22N4/c1-2-19(14-4-5-14)10-9-18-13-3-6-15(17)12(11-13)7-8-16/h3,6,11,14,18H,2,4-5,7,9-10,17H2,1H3. The van der Waals surface area contributed by atoms with Gasteiger partial charge in [0.15, 0.2) is 0 Å². The van der Waals surface area contributed by atoms with Crippen LogP contribution in [-0.2, 0) is 6.42 Å². The Balaban J connectivity index is 1.85. The monoisotopic (exact) mass is 258 g/mol. The largest absolute Gasteiger partial charge is 0.398 e. The highest BCUT2D eigenvalue weighted by Gasteiger charge is 2.26. The number of nitrogens with one attached hydrogen (secondary N) is 1. The van der Waals surface area contributed by atoms with Crippen molar-refractivity contribution in [3.05, 3.63) is 23.8 Å². The summed E-state index contributed by atoms with van der Waals surface area (Å²) >= 11 is 0. The summed E-state index contributed by atoms with van der Waals surface area (Å²) in [6, 6.07) is 8.78. The van der Waals surface area contributed by atoms with Crippen LogP contribution in [0.3, 0.4) is 0 Å². The number of hydrogen-bond donors (Lipinski definition) is 2. The van der Waals surface area contributed by atoms with Crippen molar-refractivity contribution in [2.24, 2.45) is 0 Å². The van der Waals surface area contributed by atoms with Gasteiger partial charge in [-0.25, -0.2) is 0 Å². The van der Waals surface area contributed by atoms with Gasteiger partial charge in [-0.2, -0.15) is 5.26 Å². The second-order valence-corrected chi connectivity index (χ2v) is 5.04. The minimum absolute atomic E-state index is 0.366. The van der Waals surface area contributed by atoms with E-state index in [1.165, 1.54) is 12.8 Å². The van der Waals surface area contributed by atoms with Crippen LogP contribution >= 0.6 is 0 Å². The van der Waals surface area contributed by atoms with E-state index in [1.54, 1.807) is 0 Å². The molecule has 0 atom stereocenters. The molecular weight excluding hydrogens is 236 g/mol. The molecule has 4 heteroatoms. The van der Waals surface area contributed by atoms with Crippen molar-refractivity contribution in [1.82, 2.24) is 4.90 Å². The van der Waals surface area contributed by atoms with E-state index in [0.29, 0.717) is 12.1 Å². The molecule has 1 aromatic rings. The SMILES string of the molecule is CCN(CCNc1ccc(N)c(CC#N)c1)C1CC1. The number of nitriles is 1. The fraction of sp³-hybridized carbons (Fsp3) is 0.533. The van der Waals surface area contributed by atoms with Gasteiger partial charge in [0.1, 0.15) is 0 Å². The highest BCUT2D eigenvalue weighted by Crippen LogP contribution is 2.26. The van der Waals surface area contributed by atoms with Gasteiger partial charge in [0.2, 0.25) is 0 Å². The van der Waals surface area contributed by atoms with Gasteiger partial charge in [-0.1, -0.05) is 6.92 Å². The number of nitrogens with zero attached hydrogens (tertiary/aromatic N) is 2. The smallest absolute Gasteiger partial charge is 0.0670 e. The summed E-state index contributed by atoms with van der Waals surface area (Å²) in [5, 5.41) is 12.2. The molecule has 1 aromatic carbocycles. The van der Waals surface area contributed by atoms with Crippen molar-refractivity contribution in [3.63, 3.8) is 0 Å². The van der Waals surface area contributed by atoms with Gasteiger partial charge in [0.25, 0.3) is 0 Å². The maximum absolute atomic E-state index is 8.75. The van der Waals surface area contributed by atoms with Crippen molar-refractivity contribution >= 4 is 11.4 Å². The number of nitrogen functional groups attached to an aromatic ring is 1. The van der Waals surface area contributed by atoms with E-state index in [1.807, 2.05) is 18.2 Å². The molecular formula is C15H22N4. The van der Waals surface area contributed by atoms with Gasteiger partial charge < -0.3 is 11.1 Å². The lowest BCUT2D eigenvalue weighted by Crippen LogP contribution is -2.30. The van der Waals surface area contributed by atoms with E-state index >= 15 is 0 Å². The Bertz CT molecular complexity index is 460. The fourth-order valence-corrected chi connectivity index (χ4v) is 2.34. The van der Waals surface area contributed by atoms with Crippen molar-refractivity contribution in [2.45, 2.75) is 32.2 Å². The first kappa shape index (κ1) is 13.7. The predicted molar refractivity (Wildman–Crippen MR) is 78.9 cm³/mol. The number of rotatable bonds is 7. The number of anilines is 2. The Morgan fingerprint density at radius 3 is 2.89 bits per heavy atom. The molecule has 1 aliphatic carbocycles. The molecule has 0 amide bonds. The Hall–Kier alpha value is -1.73. The molecule has 0 aromatic heterocycles. The Morgan fingerprint density at radius 2 is 2.26 bits per heavy atom. The van der Waals surface area contributed by atoms with E-state index in [9.17, 15) is 0 Å². The molecule has 2 rings (SSSR count). The lowest BCUT2D eigenvalue weighted by molar-refractivity contribution is 0.289. The minimum Gasteiger partial charge on any atom is -0.398 e. The molecule has 1 fully saturated rings. The van der Waals surface area contributed by atoms with Gasteiger partial charge >= 0.3 is 0 Å².